The largest absolute Gasteiger partial charge is 0.477 e. The molecule has 4 nitrogen and oxygen atoms in total. The first-order chi connectivity index (χ1) is 9.41. The highest BCUT2D eigenvalue weighted by molar-refractivity contribution is 6.30. The van der Waals surface area contributed by atoms with Crippen molar-refractivity contribution in [3.8, 4) is 11.5 Å². The summed E-state index contributed by atoms with van der Waals surface area (Å²) >= 11 is 5.58. The molecule has 0 unspecified atom stereocenters. The molecular weight excluding hydrogens is 292 g/mol. The minimum absolute atomic E-state index is 0.186. The number of ether oxygens (including phenoxy) is 1. The maximum atomic E-state index is 13.7. The molecule has 3 N–H and O–H groups in total. The van der Waals surface area contributed by atoms with Gasteiger partial charge in [0.05, 0.1) is 10.7 Å². The second kappa shape index (κ2) is 5.34. The maximum Gasteiger partial charge on any atom is 0.341 e. The Morgan fingerprint density at radius 2 is 1.90 bits per heavy atom. The highest BCUT2D eigenvalue weighted by Gasteiger charge is 2.20. The van der Waals surface area contributed by atoms with E-state index in [-0.39, 0.29) is 16.5 Å². The molecule has 0 spiro atoms. The Morgan fingerprint density at radius 1 is 1.20 bits per heavy atom. The monoisotopic (exact) mass is 299 g/mol. The van der Waals surface area contributed by atoms with E-state index in [0.29, 0.717) is 0 Å². The summed E-state index contributed by atoms with van der Waals surface area (Å²) in [5.41, 5.74) is 4.19. The topological polar surface area (TPSA) is 72.5 Å². The first-order valence-electron chi connectivity index (χ1n) is 5.35. The third-order valence-corrected chi connectivity index (χ3v) is 2.80. The molecule has 104 valence electrons. The van der Waals surface area contributed by atoms with Gasteiger partial charge in [-0.25, -0.2) is 13.6 Å². The average Bonchev–Trinajstić information content (AvgIpc) is 2.39. The van der Waals surface area contributed by atoms with Gasteiger partial charge in [-0.05, 0) is 24.3 Å². The van der Waals surface area contributed by atoms with Gasteiger partial charge in [0.1, 0.15) is 17.1 Å². The van der Waals surface area contributed by atoms with Gasteiger partial charge < -0.3 is 15.6 Å². The number of carboxylic acids is 1. The van der Waals surface area contributed by atoms with Crippen LogP contribution in [0.2, 0.25) is 5.02 Å². The molecule has 0 saturated heterocycles. The molecule has 0 aromatic heterocycles. The smallest absolute Gasteiger partial charge is 0.341 e. The SMILES string of the molecule is Nc1c(F)ccc(Oc2cccc(Cl)c2F)c1C(=O)O. The molecule has 0 aliphatic rings. The second-order valence-electron chi connectivity index (χ2n) is 3.79. The maximum absolute atomic E-state index is 13.7. The highest BCUT2D eigenvalue weighted by atomic mass is 35.5. The molecule has 0 aliphatic heterocycles. The van der Waals surface area contributed by atoms with E-state index < -0.39 is 28.9 Å². The molecule has 2 aromatic rings. The van der Waals surface area contributed by atoms with Crippen molar-refractivity contribution in [3.63, 3.8) is 0 Å². The van der Waals surface area contributed by atoms with E-state index in [9.17, 15) is 13.6 Å². The predicted octanol–water partition coefficient (Wildman–Crippen LogP) is 3.69. The van der Waals surface area contributed by atoms with Gasteiger partial charge in [0, 0.05) is 0 Å². The molecule has 0 radical (unpaired) electrons. The Kier molecular flexibility index (Phi) is 3.76. The van der Waals surface area contributed by atoms with Crippen LogP contribution < -0.4 is 10.5 Å². The number of nitrogen functional groups attached to an aromatic ring is 1. The fourth-order valence-corrected chi connectivity index (χ4v) is 1.73. The van der Waals surface area contributed by atoms with Crippen LogP contribution >= 0.6 is 11.6 Å². The van der Waals surface area contributed by atoms with Crippen LogP contribution in [0.3, 0.4) is 0 Å². The summed E-state index contributed by atoms with van der Waals surface area (Å²) in [4.78, 5) is 11.1. The predicted molar refractivity (Wildman–Crippen MR) is 69.3 cm³/mol. The van der Waals surface area contributed by atoms with Crippen LogP contribution in [-0.2, 0) is 0 Å². The number of aromatic carboxylic acids is 1. The summed E-state index contributed by atoms with van der Waals surface area (Å²) < 4.78 is 32.1. The Bertz CT molecular complexity index is 692. The quantitative estimate of drug-likeness (QED) is 0.848. The Morgan fingerprint density at radius 3 is 2.55 bits per heavy atom. The Labute approximate surface area is 117 Å². The van der Waals surface area contributed by atoms with Crippen LogP contribution in [0.1, 0.15) is 10.4 Å². The zero-order valence-electron chi connectivity index (χ0n) is 9.86. The molecule has 0 atom stereocenters. The molecule has 20 heavy (non-hydrogen) atoms. The molecule has 2 aromatic carbocycles. The normalized spacial score (nSPS) is 10.3. The lowest BCUT2D eigenvalue weighted by atomic mass is 10.1. The number of benzene rings is 2. The van der Waals surface area contributed by atoms with Gasteiger partial charge in [0.25, 0.3) is 0 Å². The van der Waals surface area contributed by atoms with Crippen LogP contribution in [0.4, 0.5) is 14.5 Å². The van der Waals surface area contributed by atoms with Crippen molar-refractivity contribution in [2.45, 2.75) is 0 Å². The van der Waals surface area contributed by atoms with Crippen LogP contribution in [-0.4, -0.2) is 11.1 Å². The third kappa shape index (κ3) is 2.50. The number of hydrogen-bond acceptors (Lipinski definition) is 3. The zero-order chi connectivity index (χ0) is 14.9. The number of nitrogens with two attached hydrogens (primary N) is 1. The Hall–Kier alpha value is -2.34. The third-order valence-electron chi connectivity index (χ3n) is 2.50. The van der Waals surface area contributed by atoms with Gasteiger partial charge in [-0.3, -0.25) is 0 Å². The van der Waals surface area contributed by atoms with E-state index in [1.165, 1.54) is 18.2 Å². The van der Waals surface area contributed by atoms with Crippen LogP contribution in [0.25, 0.3) is 0 Å². The summed E-state index contributed by atoms with van der Waals surface area (Å²) in [5, 5.41) is 8.84. The van der Waals surface area contributed by atoms with Crippen molar-refractivity contribution < 1.29 is 23.4 Å². The molecule has 0 amide bonds. The van der Waals surface area contributed by atoms with Gasteiger partial charge in [-0.2, -0.15) is 0 Å². The standard InChI is InChI=1S/C13H8ClF2NO3/c14-6-2-1-3-9(11(6)16)20-8-5-4-7(15)12(17)10(8)13(18)19/h1-5H,17H2,(H,18,19). The van der Waals surface area contributed by atoms with Crippen LogP contribution in [0, 0.1) is 11.6 Å². The van der Waals surface area contributed by atoms with E-state index in [4.69, 9.17) is 27.2 Å². The zero-order valence-corrected chi connectivity index (χ0v) is 10.6. The summed E-state index contributed by atoms with van der Waals surface area (Å²) in [5.74, 6) is -3.81. The van der Waals surface area contributed by atoms with Crippen molar-refractivity contribution in [3.05, 3.63) is 52.6 Å². The summed E-state index contributed by atoms with van der Waals surface area (Å²) in [6.07, 6.45) is 0. The molecule has 0 heterocycles. The summed E-state index contributed by atoms with van der Waals surface area (Å²) in [7, 11) is 0. The molecule has 0 bridgehead atoms. The molecular formula is C13H8ClF2NO3. The van der Waals surface area contributed by atoms with Crippen molar-refractivity contribution in [2.75, 3.05) is 5.73 Å². The first-order valence-corrected chi connectivity index (χ1v) is 5.72. The number of carboxylic acid groups (broad SMARTS) is 1. The van der Waals surface area contributed by atoms with Gasteiger partial charge >= 0.3 is 5.97 Å². The molecule has 0 fully saturated rings. The minimum Gasteiger partial charge on any atom is -0.477 e. The number of anilines is 1. The number of hydrogen-bond donors (Lipinski definition) is 2. The fourth-order valence-electron chi connectivity index (χ4n) is 1.56. The van der Waals surface area contributed by atoms with Gasteiger partial charge in [-0.1, -0.05) is 17.7 Å². The van der Waals surface area contributed by atoms with E-state index in [0.717, 1.165) is 12.1 Å². The lowest BCUT2D eigenvalue weighted by Gasteiger charge is -2.12. The van der Waals surface area contributed by atoms with Crippen LogP contribution in [0.15, 0.2) is 30.3 Å². The average molecular weight is 300 g/mol. The van der Waals surface area contributed by atoms with E-state index >= 15 is 0 Å². The van der Waals surface area contributed by atoms with E-state index in [2.05, 4.69) is 0 Å². The minimum atomic E-state index is -1.49. The fraction of sp³-hybridized carbons (Fsp3) is 0. The van der Waals surface area contributed by atoms with Crippen molar-refractivity contribution in [2.24, 2.45) is 0 Å². The highest BCUT2D eigenvalue weighted by Crippen LogP contribution is 2.33. The van der Waals surface area contributed by atoms with Gasteiger partial charge in [-0.15, -0.1) is 0 Å². The van der Waals surface area contributed by atoms with E-state index in [1.54, 1.807) is 0 Å². The van der Waals surface area contributed by atoms with Crippen molar-refractivity contribution in [1.82, 2.24) is 0 Å². The molecule has 2 rings (SSSR count). The molecule has 0 saturated carbocycles. The van der Waals surface area contributed by atoms with Gasteiger partial charge in [0.15, 0.2) is 11.6 Å². The molecule has 7 heteroatoms. The lowest BCUT2D eigenvalue weighted by molar-refractivity contribution is 0.0695. The van der Waals surface area contributed by atoms with Gasteiger partial charge in [0.2, 0.25) is 0 Å². The number of rotatable bonds is 3. The van der Waals surface area contributed by atoms with Crippen molar-refractivity contribution in [1.29, 1.82) is 0 Å². The summed E-state index contributed by atoms with van der Waals surface area (Å²) in [6, 6.07) is 5.97. The number of halogens is 3. The first kappa shape index (κ1) is 14.1. The van der Waals surface area contributed by atoms with Crippen LogP contribution in [0.5, 0.6) is 11.5 Å². The second-order valence-corrected chi connectivity index (χ2v) is 4.20. The number of carbonyl (C=O) groups is 1. The van der Waals surface area contributed by atoms with Crippen molar-refractivity contribution >= 4 is 23.3 Å². The molecule has 0 aliphatic carbocycles. The van der Waals surface area contributed by atoms with E-state index in [1.807, 2.05) is 0 Å². The lowest BCUT2D eigenvalue weighted by Crippen LogP contribution is -2.07. The Balaban J connectivity index is 2.52. The summed E-state index contributed by atoms with van der Waals surface area (Å²) in [6.45, 7) is 0.